The zero-order valence-electron chi connectivity index (χ0n) is 11.8. The number of aliphatic carboxylic acids is 1. The fourth-order valence-electron chi connectivity index (χ4n) is 0.767. The Bertz CT molecular complexity index is 235. The molecule has 0 aliphatic heterocycles. The van der Waals surface area contributed by atoms with Crippen molar-refractivity contribution in [1.82, 2.24) is 4.90 Å². The second-order valence-corrected chi connectivity index (χ2v) is 4.62. The average Bonchev–Trinajstić information content (AvgIpc) is 2.10. The molecule has 0 saturated carbocycles. The maximum atomic E-state index is 11.3. The Morgan fingerprint density at radius 2 is 1.72 bits per heavy atom. The number of ether oxygens (including phenoxy) is 1. The van der Waals surface area contributed by atoms with Crippen LogP contribution in [0, 0.1) is 7.05 Å². The minimum atomic E-state index is -0.833. The molecule has 0 bridgehead atoms. The van der Waals surface area contributed by atoms with Gasteiger partial charge in [0.05, 0.1) is 0 Å². The van der Waals surface area contributed by atoms with Crippen LogP contribution >= 0.6 is 0 Å². The molecule has 1 N–H and O–H groups in total. The molecule has 0 spiro atoms. The summed E-state index contributed by atoms with van der Waals surface area (Å²) in [4.78, 5) is 21.7. The predicted molar refractivity (Wildman–Crippen MR) is 66.5 cm³/mol. The van der Waals surface area contributed by atoms with E-state index in [2.05, 4.69) is 14.0 Å². The maximum Gasteiger partial charge on any atom is 0.380 e. The monoisotopic (exact) mass is 352 g/mol. The Hall–Kier alpha value is -0.598. The van der Waals surface area contributed by atoms with Gasteiger partial charge in [-0.1, -0.05) is 13.3 Å². The summed E-state index contributed by atoms with van der Waals surface area (Å²) in [5, 5.41) is 7.42. The van der Waals surface area contributed by atoms with E-state index in [0.717, 1.165) is 19.8 Å². The quantitative estimate of drug-likeness (QED) is 0.626. The average molecular weight is 353 g/mol. The van der Waals surface area contributed by atoms with Gasteiger partial charge < -0.3 is 14.7 Å². The van der Waals surface area contributed by atoms with Gasteiger partial charge in [0.2, 0.25) is 0 Å². The van der Waals surface area contributed by atoms with Crippen molar-refractivity contribution < 1.29 is 39.9 Å². The second kappa shape index (κ2) is 11.5. The van der Waals surface area contributed by atoms with Gasteiger partial charge in [0.25, 0.3) is 5.97 Å². The molecule has 0 heterocycles. The Labute approximate surface area is 124 Å². The number of rotatable bonds is 3. The minimum absolute atomic E-state index is 0. The fraction of sp³-hybridized carbons (Fsp3) is 0.750. The number of carboxylic acids is 1. The van der Waals surface area contributed by atoms with E-state index in [9.17, 15) is 4.79 Å². The zero-order valence-corrected chi connectivity index (χ0v) is 13.3. The third kappa shape index (κ3) is 20.8. The number of carbonyl (C=O) groups excluding carboxylic acids is 1. The summed E-state index contributed by atoms with van der Waals surface area (Å²) in [6, 6.07) is 0. The minimum Gasteiger partial charge on any atom is -0.481 e. The largest absolute Gasteiger partial charge is 0.481 e. The molecular weight excluding hydrogens is 329 g/mol. The van der Waals surface area contributed by atoms with Gasteiger partial charge in [-0.25, -0.2) is 11.8 Å². The molecule has 0 radical (unpaired) electrons. The van der Waals surface area contributed by atoms with Gasteiger partial charge in [0, 0.05) is 27.3 Å². The number of carbonyl (C=O) groups is 2. The van der Waals surface area contributed by atoms with Gasteiger partial charge >= 0.3 is 6.09 Å². The van der Waals surface area contributed by atoms with E-state index in [0.29, 0.717) is 6.54 Å². The van der Waals surface area contributed by atoms with Crippen molar-refractivity contribution in [2.75, 3.05) is 6.54 Å². The van der Waals surface area contributed by atoms with E-state index < -0.39 is 11.6 Å². The van der Waals surface area contributed by atoms with E-state index in [1.807, 2.05) is 20.8 Å². The van der Waals surface area contributed by atoms with Crippen LogP contribution in [0.3, 0.4) is 0 Å². The second-order valence-electron chi connectivity index (χ2n) is 4.62. The molecule has 0 aromatic rings. The third-order valence-electron chi connectivity index (χ3n) is 1.43. The Morgan fingerprint density at radius 3 is 2.00 bits per heavy atom. The first kappa shape index (κ1) is 22.6. The molecule has 6 heteroatoms. The van der Waals surface area contributed by atoms with Crippen molar-refractivity contribution >= 4 is 12.1 Å². The summed E-state index contributed by atoms with van der Waals surface area (Å²) in [6.45, 7) is 9.35. The summed E-state index contributed by atoms with van der Waals surface area (Å²) in [5.41, 5.74) is -0.431. The molecule has 0 fully saturated rings. The molecule has 0 aliphatic carbocycles. The standard InChI is InChI=1S/C10H20NO2.C2H4O2.Pd/c1-6-7-8-11(5)9(12)13-10(2,3)4;1-2(3)4;/h5-8H2,1-4H3;1H3,(H,3,4);/q-1;;. The summed E-state index contributed by atoms with van der Waals surface area (Å²) < 4.78 is 5.12. The third-order valence-corrected chi connectivity index (χ3v) is 1.43. The van der Waals surface area contributed by atoms with Crippen molar-refractivity contribution in [2.24, 2.45) is 0 Å². The molecule has 0 rings (SSSR count). The molecule has 0 aliphatic rings. The van der Waals surface area contributed by atoms with E-state index >= 15 is 0 Å². The van der Waals surface area contributed by atoms with Crippen molar-refractivity contribution in [3.8, 4) is 0 Å². The molecular formula is C12H24NO4Pd-. The maximum absolute atomic E-state index is 11.3. The predicted octanol–water partition coefficient (Wildman–Crippen LogP) is 2.90. The Balaban J connectivity index is -0.000000392. The van der Waals surface area contributed by atoms with Crippen molar-refractivity contribution in [1.29, 1.82) is 0 Å². The van der Waals surface area contributed by atoms with Gasteiger partial charge in [-0.3, -0.25) is 4.79 Å². The van der Waals surface area contributed by atoms with Crippen LogP contribution in [-0.2, 0) is 30.0 Å². The van der Waals surface area contributed by atoms with Crippen LogP contribution in [0.2, 0.25) is 0 Å². The van der Waals surface area contributed by atoms with Crippen LogP contribution < -0.4 is 0 Å². The fourth-order valence-corrected chi connectivity index (χ4v) is 0.767. The molecule has 18 heavy (non-hydrogen) atoms. The molecule has 0 aromatic carbocycles. The molecule has 1 amide bonds. The summed E-state index contributed by atoms with van der Waals surface area (Å²) >= 11 is 0. The summed E-state index contributed by atoms with van der Waals surface area (Å²) in [6.07, 6.45) is 1.67. The normalized spacial score (nSPS) is 9.44. The first-order valence-corrected chi connectivity index (χ1v) is 5.60. The van der Waals surface area contributed by atoms with Crippen molar-refractivity contribution in [3.63, 3.8) is 0 Å². The zero-order chi connectivity index (χ0) is 14.1. The van der Waals surface area contributed by atoms with Crippen molar-refractivity contribution in [3.05, 3.63) is 7.05 Å². The number of hydrogen-bond acceptors (Lipinski definition) is 3. The van der Waals surface area contributed by atoms with E-state index in [-0.39, 0.29) is 26.5 Å². The smallest absolute Gasteiger partial charge is 0.380 e. The van der Waals surface area contributed by atoms with Gasteiger partial charge in [0.1, 0.15) is 5.60 Å². The number of carboxylic acid groups (broad SMARTS) is 1. The first-order chi connectivity index (χ1) is 7.60. The van der Waals surface area contributed by atoms with Gasteiger partial charge in [-0.15, -0.1) is 0 Å². The summed E-state index contributed by atoms with van der Waals surface area (Å²) in [7, 11) is 3.62. The Morgan fingerprint density at radius 1 is 1.33 bits per heavy atom. The van der Waals surface area contributed by atoms with Crippen LogP contribution in [0.4, 0.5) is 4.79 Å². The number of nitrogens with zero attached hydrogens (tertiary/aromatic N) is 1. The first-order valence-electron chi connectivity index (χ1n) is 5.60. The molecule has 0 atom stereocenters. The molecule has 5 nitrogen and oxygen atoms in total. The SMILES string of the molecule is CC(=O)O.[CH2-]N(CCCC)C(=O)OC(C)(C)C.[Pd]. The van der Waals surface area contributed by atoms with Crippen LogP contribution in [0.5, 0.6) is 0 Å². The molecule has 0 unspecified atom stereocenters. The topological polar surface area (TPSA) is 66.8 Å². The van der Waals surface area contributed by atoms with Gasteiger partial charge in [-0.05, 0) is 33.7 Å². The number of amides is 1. The van der Waals surface area contributed by atoms with Crippen LogP contribution in [0.25, 0.3) is 0 Å². The van der Waals surface area contributed by atoms with Crippen LogP contribution in [0.15, 0.2) is 0 Å². The van der Waals surface area contributed by atoms with Gasteiger partial charge in [0.15, 0.2) is 0 Å². The molecule has 0 saturated heterocycles. The number of hydrogen-bond donors (Lipinski definition) is 1. The van der Waals surface area contributed by atoms with E-state index in [4.69, 9.17) is 14.6 Å². The molecule has 0 aromatic heterocycles. The molecule has 112 valence electrons. The Kier molecular flexibility index (Phi) is 14.4. The van der Waals surface area contributed by atoms with Crippen LogP contribution in [0.1, 0.15) is 47.5 Å². The number of unbranched alkanes of at least 4 members (excludes halogenated alkanes) is 1. The van der Waals surface area contributed by atoms with Crippen LogP contribution in [-0.4, -0.2) is 34.2 Å². The van der Waals surface area contributed by atoms with Gasteiger partial charge in [-0.2, -0.15) is 0 Å². The van der Waals surface area contributed by atoms with E-state index in [1.165, 1.54) is 4.90 Å². The van der Waals surface area contributed by atoms with Crippen molar-refractivity contribution in [2.45, 2.75) is 53.1 Å². The van der Waals surface area contributed by atoms with E-state index in [1.54, 1.807) is 0 Å². The summed E-state index contributed by atoms with van der Waals surface area (Å²) in [5.74, 6) is -0.833.